The first-order valence-corrected chi connectivity index (χ1v) is 10.6. The number of hydrogen-bond donors (Lipinski definition) is 1. The minimum absolute atomic E-state index is 0.150. The Labute approximate surface area is 165 Å². The first-order chi connectivity index (χ1) is 13.2. The van der Waals surface area contributed by atoms with Crippen molar-refractivity contribution in [1.82, 2.24) is 20.1 Å². The van der Waals surface area contributed by atoms with Crippen LogP contribution in [0.3, 0.4) is 0 Å². The highest BCUT2D eigenvalue weighted by Crippen LogP contribution is 2.24. The fourth-order valence-corrected chi connectivity index (χ4v) is 4.40. The van der Waals surface area contributed by atoms with Gasteiger partial charge in [-0.15, -0.1) is 16.8 Å². The van der Waals surface area contributed by atoms with Crippen LogP contribution in [0.5, 0.6) is 0 Å². The quantitative estimate of drug-likeness (QED) is 0.546. The minimum Gasteiger partial charge on any atom is -0.349 e. The van der Waals surface area contributed by atoms with Gasteiger partial charge in [-0.1, -0.05) is 66.9 Å². The lowest BCUT2D eigenvalue weighted by atomic mass is 9.89. The first-order valence-electron chi connectivity index (χ1n) is 9.66. The standard InChI is InChI=1S/C21H28N4OS/c1-3-12-25-19(14-22-20(26)18-10-5-4-6-11-18)23-24-21(25)27-15-17-9-7-8-16(2)13-17/h3,7-9,13,18H,1,4-6,10-12,14-15H2,2H3,(H,22,26). The molecule has 1 fully saturated rings. The number of hydrogen-bond acceptors (Lipinski definition) is 4. The first kappa shape index (κ1) is 19.7. The Morgan fingerprint density at radius 3 is 2.89 bits per heavy atom. The van der Waals surface area contributed by atoms with E-state index in [-0.39, 0.29) is 11.8 Å². The molecule has 1 heterocycles. The summed E-state index contributed by atoms with van der Waals surface area (Å²) in [5, 5.41) is 12.6. The van der Waals surface area contributed by atoms with Crippen LogP contribution in [0.1, 0.15) is 49.1 Å². The summed E-state index contributed by atoms with van der Waals surface area (Å²) in [6.45, 7) is 7.00. The number of amides is 1. The van der Waals surface area contributed by atoms with Gasteiger partial charge >= 0.3 is 0 Å². The van der Waals surface area contributed by atoms with Crippen molar-refractivity contribution in [3.8, 4) is 0 Å². The summed E-state index contributed by atoms with van der Waals surface area (Å²) in [6, 6.07) is 8.49. The number of carbonyl (C=O) groups is 1. The van der Waals surface area contributed by atoms with Crippen LogP contribution in [-0.2, 0) is 23.6 Å². The lowest BCUT2D eigenvalue weighted by molar-refractivity contribution is -0.126. The zero-order chi connectivity index (χ0) is 19.1. The second kappa shape index (κ2) is 9.74. The van der Waals surface area contributed by atoms with E-state index in [1.54, 1.807) is 11.8 Å². The lowest BCUT2D eigenvalue weighted by Gasteiger charge is -2.20. The number of aromatic nitrogens is 3. The molecule has 0 unspecified atom stereocenters. The Kier molecular flexibility index (Phi) is 7.10. The number of nitrogens with zero attached hydrogens (tertiary/aromatic N) is 3. The molecule has 1 aromatic carbocycles. The normalized spacial score (nSPS) is 14.9. The lowest BCUT2D eigenvalue weighted by Crippen LogP contribution is -2.32. The number of nitrogens with one attached hydrogen (secondary N) is 1. The van der Waals surface area contributed by atoms with E-state index in [1.807, 2.05) is 10.6 Å². The monoisotopic (exact) mass is 384 g/mol. The smallest absolute Gasteiger partial charge is 0.223 e. The van der Waals surface area contributed by atoms with Crippen LogP contribution in [0.15, 0.2) is 42.1 Å². The third-order valence-corrected chi connectivity index (χ3v) is 5.99. The molecule has 2 aromatic rings. The van der Waals surface area contributed by atoms with E-state index in [0.717, 1.165) is 42.4 Å². The molecule has 0 radical (unpaired) electrons. The Morgan fingerprint density at radius 1 is 1.33 bits per heavy atom. The fourth-order valence-electron chi connectivity index (χ4n) is 3.49. The van der Waals surface area contributed by atoms with Crippen molar-refractivity contribution >= 4 is 17.7 Å². The molecular formula is C21H28N4OS. The molecule has 1 amide bonds. The molecule has 1 aromatic heterocycles. The molecule has 6 heteroatoms. The SMILES string of the molecule is C=CCn1c(CNC(=O)C2CCCCC2)nnc1SCc1cccc(C)c1. The van der Waals surface area contributed by atoms with E-state index < -0.39 is 0 Å². The number of rotatable bonds is 8. The zero-order valence-corrected chi connectivity index (χ0v) is 16.8. The Balaban J connectivity index is 1.61. The maximum atomic E-state index is 12.4. The molecule has 1 aliphatic rings. The summed E-state index contributed by atoms with van der Waals surface area (Å²) in [6.07, 6.45) is 7.41. The summed E-state index contributed by atoms with van der Waals surface area (Å²) >= 11 is 1.66. The number of benzene rings is 1. The van der Waals surface area contributed by atoms with Crippen molar-refractivity contribution in [2.24, 2.45) is 5.92 Å². The van der Waals surface area contributed by atoms with E-state index in [2.05, 4.69) is 53.3 Å². The summed E-state index contributed by atoms with van der Waals surface area (Å²) in [7, 11) is 0. The summed E-state index contributed by atoms with van der Waals surface area (Å²) in [5.74, 6) is 1.93. The second-order valence-electron chi connectivity index (χ2n) is 7.13. The number of aryl methyl sites for hydroxylation is 1. The van der Waals surface area contributed by atoms with E-state index in [0.29, 0.717) is 13.1 Å². The highest BCUT2D eigenvalue weighted by molar-refractivity contribution is 7.98. The van der Waals surface area contributed by atoms with Gasteiger partial charge < -0.3 is 9.88 Å². The molecule has 1 N–H and O–H groups in total. The van der Waals surface area contributed by atoms with Crippen LogP contribution in [0.2, 0.25) is 0 Å². The van der Waals surface area contributed by atoms with Gasteiger partial charge in [0, 0.05) is 18.2 Å². The predicted molar refractivity (Wildman–Crippen MR) is 109 cm³/mol. The second-order valence-corrected chi connectivity index (χ2v) is 8.07. The van der Waals surface area contributed by atoms with Crippen molar-refractivity contribution in [2.75, 3.05) is 0 Å². The van der Waals surface area contributed by atoms with Crippen LogP contribution < -0.4 is 5.32 Å². The van der Waals surface area contributed by atoms with E-state index in [9.17, 15) is 4.79 Å². The minimum atomic E-state index is 0.150. The number of carbonyl (C=O) groups excluding carboxylic acids is 1. The molecule has 3 rings (SSSR count). The largest absolute Gasteiger partial charge is 0.349 e. The molecule has 27 heavy (non-hydrogen) atoms. The van der Waals surface area contributed by atoms with Gasteiger partial charge in [0.1, 0.15) is 0 Å². The van der Waals surface area contributed by atoms with E-state index in [4.69, 9.17) is 0 Å². The molecule has 144 valence electrons. The van der Waals surface area contributed by atoms with Crippen LogP contribution in [0, 0.1) is 12.8 Å². The molecule has 0 aliphatic heterocycles. The van der Waals surface area contributed by atoms with Gasteiger partial charge in [0.15, 0.2) is 11.0 Å². The third kappa shape index (κ3) is 5.45. The summed E-state index contributed by atoms with van der Waals surface area (Å²) in [5.41, 5.74) is 2.52. The maximum absolute atomic E-state index is 12.4. The maximum Gasteiger partial charge on any atom is 0.223 e. The van der Waals surface area contributed by atoms with Gasteiger partial charge in [0.2, 0.25) is 5.91 Å². The predicted octanol–water partition coefficient (Wildman–Crippen LogP) is 4.26. The van der Waals surface area contributed by atoms with Crippen LogP contribution in [0.4, 0.5) is 0 Å². The van der Waals surface area contributed by atoms with Crippen molar-refractivity contribution in [1.29, 1.82) is 0 Å². The van der Waals surface area contributed by atoms with Gasteiger partial charge in [-0.25, -0.2) is 0 Å². The molecule has 1 aliphatic carbocycles. The molecule has 0 atom stereocenters. The topological polar surface area (TPSA) is 59.8 Å². The van der Waals surface area contributed by atoms with Crippen molar-refractivity contribution < 1.29 is 4.79 Å². The summed E-state index contributed by atoms with van der Waals surface area (Å²) < 4.78 is 2.04. The van der Waals surface area contributed by atoms with Gasteiger partial charge in [0.25, 0.3) is 0 Å². The zero-order valence-electron chi connectivity index (χ0n) is 16.0. The van der Waals surface area contributed by atoms with Gasteiger partial charge in [0.05, 0.1) is 6.54 Å². The molecule has 0 bridgehead atoms. The molecule has 0 spiro atoms. The van der Waals surface area contributed by atoms with Crippen molar-refractivity contribution in [3.05, 3.63) is 53.9 Å². The van der Waals surface area contributed by atoms with E-state index >= 15 is 0 Å². The van der Waals surface area contributed by atoms with Gasteiger partial charge in [-0.2, -0.15) is 0 Å². The van der Waals surface area contributed by atoms with Gasteiger partial charge in [-0.05, 0) is 25.3 Å². The number of allylic oxidation sites excluding steroid dienone is 1. The third-order valence-electron chi connectivity index (χ3n) is 4.95. The van der Waals surface area contributed by atoms with E-state index in [1.165, 1.54) is 17.5 Å². The van der Waals surface area contributed by atoms with Crippen LogP contribution >= 0.6 is 11.8 Å². The fraction of sp³-hybridized carbons (Fsp3) is 0.476. The average Bonchev–Trinajstić information content (AvgIpc) is 3.07. The Morgan fingerprint density at radius 2 is 2.15 bits per heavy atom. The molecule has 1 saturated carbocycles. The van der Waals surface area contributed by atoms with Gasteiger partial charge in [-0.3, -0.25) is 4.79 Å². The summed E-state index contributed by atoms with van der Waals surface area (Å²) in [4.78, 5) is 12.4. The number of thioether (sulfide) groups is 1. The molecule has 5 nitrogen and oxygen atoms in total. The van der Waals surface area contributed by atoms with Crippen molar-refractivity contribution in [2.45, 2.75) is 63.0 Å². The highest BCUT2D eigenvalue weighted by atomic mass is 32.2. The Hall–Kier alpha value is -2.08. The Bertz CT molecular complexity index is 780. The average molecular weight is 385 g/mol. The molecular weight excluding hydrogens is 356 g/mol. The highest BCUT2D eigenvalue weighted by Gasteiger charge is 2.21. The van der Waals surface area contributed by atoms with Crippen molar-refractivity contribution in [3.63, 3.8) is 0 Å². The molecule has 0 saturated heterocycles. The van der Waals surface area contributed by atoms with Crippen LogP contribution in [-0.4, -0.2) is 20.7 Å². The van der Waals surface area contributed by atoms with Crippen LogP contribution in [0.25, 0.3) is 0 Å².